The first-order valence-corrected chi connectivity index (χ1v) is 13.8. The Morgan fingerprint density at radius 2 is 1.85 bits per heavy atom. The first-order valence-electron chi connectivity index (χ1n) is 12.4. The minimum absolute atomic E-state index is 0. The largest absolute Gasteiger partial charge is 0.522 e. The third-order valence-electron chi connectivity index (χ3n) is 7.01. The summed E-state index contributed by atoms with van der Waals surface area (Å²) in [5.74, 6) is -0.351. The first-order chi connectivity index (χ1) is 18.3. The lowest BCUT2D eigenvalue weighted by atomic mass is 10.1. The van der Waals surface area contributed by atoms with Crippen LogP contribution in [0.3, 0.4) is 0 Å². The van der Waals surface area contributed by atoms with Gasteiger partial charge in [0.1, 0.15) is 35.8 Å². The molecule has 1 aromatic carbocycles. The molecule has 5 rings (SSSR count). The Bertz CT molecular complexity index is 1340. The maximum absolute atomic E-state index is 14.7. The number of anilines is 1. The van der Waals surface area contributed by atoms with Crippen LogP contribution in [0.4, 0.5) is 27.8 Å². The van der Waals surface area contributed by atoms with Crippen LogP contribution in [-0.2, 0) is 26.1 Å². The monoisotopic (exact) mass is 577 g/mol. The molecule has 1 N–H and O–H groups in total. The number of ether oxygens (including phenoxy) is 1. The lowest BCUT2D eigenvalue weighted by Gasteiger charge is -2.40. The highest BCUT2D eigenvalue weighted by Crippen LogP contribution is 2.39. The molecule has 214 valence electrons. The van der Waals surface area contributed by atoms with E-state index in [9.17, 15) is 35.2 Å². The van der Waals surface area contributed by atoms with Crippen molar-refractivity contribution in [2.24, 2.45) is 0 Å². The fourth-order valence-electron chi connectivity index (χ4n) is 4.76. The number of benzene rings is 1. The van der Waals surface area contributed by atoms with Gasteiger partial charge in [0.2, 0.25) is 15.9 Å². The molecule has 15 heteroatoms. The van der Waals surface area contributed by atoms with Gasteiger partial charge < -0.3 is 10.2 Å². The fraction of sp³-hybridized carbons (Fsp3) is 0.542. The van der Waals surface area contributed by atoms with Gasteiger partial charge in [-0.1, -0.05) is 0 Å². The molecule has 0 bridgehead atoms. The maximum atomic E-state index is 14.7. The number of carbonyl (C=O) groups excluding carboxylic acids is 1. The van der Waals surface area contributed by atoms with Crippen molar-refractivity contribution in [1.29, 1.82) is 0 Å². The van der Waals surface area contributed by atoms with Crippen molar-refractivity contribution in [2.45, 2.75) is 74.3 Å². The van der Waals surface area contributed by atoms with Crippen molar-refractivity contribution in [1.82, 2.24) is 19.6 Å². The lowest BCUT2D eigenvalue weighted by molar-refractivity contribution is -0.344. The van der Waals surface area contributed by atoms with Gasteiger partial charge in [0.25, 0.3) is 0 Å². The Morgan fingerprint density at radius 1 is 1.18 bits per heavy atom. The molecule has 1 amide bonds. The molecule has 0 radical (unpaired) electrons. The number of alkyl halides is 4. The number of hydrogen-bond donors (Lipinski definition) is 1. The number of hydrogen-bond acceptors (Lipinski definition) is 7. The normalized spacial score (nSPS) is 24.6. The predicted molar refractivity (Wildman–Crippen MR) is 129 cm³/mol. The van der Waals surface area contributed by atoms with Gasteiger partial charge in [-0.3, -0.25) is 9.53 Å². The van der Waals surface area contributed by atoms with Gasteiger partial charge in [-0.15, -0.1) is 13.2 Å². The van der Waals surface area contributed by atoms with Crippen LogP contribution in [0.2, 0.25) is 0 Å². The molecule has 0 spiro atoms. The van der Waals surface area contributed by atoms with E-state index in [-0.39, 0.29) is 38.3 Å². The summed E-state index contributed by atoms with van der Waals surface area (Å²) in [6.07, 6.45) is -5.97. The van der Waals surface area contributed by atoms with E-state index in [0.717, 1.165) is 41.4 Å². The third-order valence-corrected chi connectivity index (χ3v) is 9.02. The van der Waals surface area contributed by atoms with E-state index in [4.69, 9.17) is 0 Å². The molecule has 3 fully saturated rings. The van der Waals surface area contributed by atoms with E-state index in [1.165, 1.54) is 13.0 Å². The summed E-state index contributed by atoms with van der Waals surface area (Å²) in [7, 11) is -4.31. The third kappa shape index (κ3) is 5.99. The van der Waals surface area contributed by atoms with E-state index in [1.807, 2.05) is 0 Å². The molecule has 2 aliphatic heterocycles. The average molecular weight is 578 g/mol. The SMILES string of the molecule is C[C@H]1[C@H](F)C[C@@H](C(=O)NCc2cc(N3CC(OC(F)(F)F)C3)nc(C3CC3)n2)N1S(=O)(=O)c1ccc(F)cc1.[HH]. The van der Waals surface area contributed by atoms with Crippen LogP contribution in [0, 0.1) is 5.82 Å². The number of carbonyl (C=O) groups is 1. The molecule has 39 heavy (non-hydrogen) atoms. The number of nitrogens with one attached hydrogen (secondary N) is 1. The van der Waals surface area contributed by atoms with Gasteiger partial charge in [0.15, 0.2) is 0 Å². The summed E-state index contributed by atoms with van der Waals surface area (Å²) < 4.78 is 96.8. The highest BCUT2D eigenvalue weighted by molar-refractivity contribution is 7.89. The quantitative estimate of drug-likeness (QED) is 0.481. The summed E-state index contributed by atoms with van der Waals surface area (Å²) >= 11 is 0. The Kier molecular flexibility index (Phi) is 7.26. The van der Waals surface area contributed by atoms with Crippen LogP contribution in [0.5, 0.6) is 0 Å². The Morgan fingerprint density at radius 3 is 2.46 bits per heavy atom. The van der Waals surface area contributed by atoms with Crippen LogP contribution in [0.25, 0.3) is 0 Å². The predicted octanol–water partition coefficient (Wildman–Crippen LogP) is 3.27. The molecule has 3 atom stereocenters. The number of nitrogens with zero attached hydrogens (tertiary/aromatic N) is 4. The van der Waals surface area contributed by atoms with E-state index in [0.29, 0.717) is 17.3 Å². The number of rotatable bonds is 8. The van der Waals surface area contributed by atoms with E-state index in [2.05, 4.69) is 20.0 Å². The van der Waals surface area contributed by atoms with Crippen LogP contribution in [-0.4, -0.2) is 72.4 Å². The highest BCUT2D eigenvalue weighted by atomic mass is 32.2. The highest BCUT2D eigenvalue weighted by Gasteiger charge is 2.49. The molecule has 3 aliphatic rings. The number of aromatic nitrogens is 2. The number of halogens is 5. The standard InChI is InChI=1S/C24H26F5N5O4S.H2/c1-13-19(26)9-20(34(13)39(36,37)18-6-4-15(25)5-7-18)23(35)30-10-16-8-21(32-22(31-16)14-2-3-14)33-11-17(12-33)38-24(27,28)29;/h4-8,13-14,17,19-20H,2-3,9-12H2,1H3,(H,30,35);1H/t13-,19+,20-;/m0./s1. The number of sulfonamides is 1. The summed E-state index contributed by atoms with van der Waals surface area (Å²) in [5.41, 5.74) is 0.381. The van der Waals surface area contributed by atoms with Gasteiger partial charge in [-0.25, -0.2) is 27.2 Å². The van der Waals surface area contributed by atoms with Gasteiger partial charge in [0, 0.05) is 32.9 Å². The summed E-state index contributed by atoms with van der Waals surface area (Å²) in [5, 5.41) is 2.62. The molecule has 3 heterocycles. The molecular weight excluding hydrogens is 549 g/mol. The molecule has 1 aromatic heterocycles. The topological polar surface area (TPSA) is 105 Å². The lowest BCUT2D eigenvalue weighted by Crippen LogP contribution is -2.54. The van der Waals surface area contributed by atoms with Gasteiger partial charge in [0.05, 0.1) is 23.2 Å². The molecule has 2 aromatic rings. The molecule has 1 saturated carbocycles. The van der Waals surface area contributed by atoms with Crippen molar-refractivity contribution in [3.05, 3.63) is 47.7 Å². The summed E-state index contributed by atoms with van der Waals surface area (Å²) in [6, 6.07) is 3.12. The second-order valence-electron chi connectivity index (χ2n) is 9.96. The molecule has 0 unspecified atom stereocenters. The van der Waals surface area contributed by atoms with Gasteiger partial charge >= 0.3 is 6.36 Å². The summed E-state index contributed by atoms with van der Waals surface area (Å²) in [6.45, 7) is 1.21. The van der Waals surface area contributed by atoms with Crippen molar-refractivity contribution >= 4 is 21.7 Å². The molecular formula is C24H28F5N5O4S. The zero-order valence-corrected chi connectivity index (χ0v) is 21.6. The molecule has 9 nitrogen and oxygen atoms in total. The summed E-state index contributed by atoms with van der Waals surface area (Å²) in [4.78, 5) is 23.4. The van der Waals surface area contributed by atoms with E-state index in [1.54, 1.807) is 4.90 Å². The van der Waals surface area contributed by atoms with Crippen LogP contribution < -0.4 is 10.2 Å². The van der Waals surface area contributed by atoms with Crippen LogP contribution in [0.15, 0.2) is 35.2 Å². The zero-order valence-electron chi connectivity index (χ0n) is 20.7. The van der Waals surface area contributed by atoms with Crippen LogP contribution >= 0.6 is 0 Å². The molecule has 2 saturated heterocycles. The second-order valence-corrected chi connectivity index (χ2v) is 11.8. The minimum Gasteiger partial charge on any atom is -0.351 e. The molecule has 1 aliphatic carbocycles. The Hall–Kier alpha value is -2.91. The zero-order chi connectivity index (χ0) is 28.1. The van der Waals surface area contributed by atoms with Crippen molar-refractivity contribution in [3.63, 3.8) is 0 Å². The first kappa shape index (κ1) is 27.6. The van der Waals surface area contributed by atoms with Gasteiger partial charge in [-0.2, -0.15) is 4.31 Å². The second kappa shape index (κ2) is 10.2. The van der Waals surface area contributed by atoms with Crippen molar-refractivity contribution in [2.75, 3.05) is 18.0 Å². The average Bonchev–Trinajstić information content (AvgIpc) is 3.64. The van der Waals surface area contributed by atoms with E-state index < -0.39 is 52.5 Å². The Labute approximate surface area is 222 Å². The smallest absolute Gasteiger partial charge is 0.351 e. The fourth-order valence-corrected chi connectivity index (χ4v) is 6.57. The van der Waals surface area contributed by atoms with Crippen molar-refractivity contribution in [3.8, 4) is 0 Å². The van der Waals surface area contributed by atoms with Gasteiger partial charge in [-0.05, 0) is 44.0 Å². The minimum atomic E-state index is -4.73. The Balaban J connectivity index is 0.00000370. The van der Waals surface area contributed by atoms with Crippen LogP contribution in [0.1, 0.15) is 45.0 Å². The van der Waals surface area contributed by atoms with Crippen molar-refractivity contribution < 1.29 is 41.3 Å². The maximum Gasteiger partial charge on any atom is 0.522 e. The number of amides is 1. The van der Waals surface area contributed by atoms with E-state index >= 15 is 0 Å².